The Bertz CT molecular complexity index is 1010. The Kier molecular flexibility index (Phi) is 5.17. The van der Waals surface area contributed by atoms with Gasteiger partial charge in [0.1, 0.15) is 12.4 Å². The second kappa shape index (κ2) is 7.64. The van der Waals surface area contributed by atoms with Gasteiger partial charge in [-0.15, -0.1) is 0 Å². The van der Waals surface area contributed by atoms with Gasteiger partial charge in [-0.2, -0.15) is 0 Å². The highest BCUT2D eigenvalue weighted by Crippen LogP contribution is 2.40. The van der Waals surface area contributed by atoms with Crippen LogP contribution in [0.4, 0.5) is 0 Å². The number of para-hydroxylation sites is 2. The van der Waals surface area contributed by atoms with Gasteiger partial charge >= 0.3 is 0 Å². The van der Waals surface area contributed by atoms with Crippen LogP contribution < -0.4 is 5.32 Å². The lowest BCUT2D eigenvalue weighted by Crippen LogP contribution is -2.31. The molecule has 0 spiro atoms. The Balaban J connectivity index is 1.40. The average Bonchev–Trinajstić information content (AvgIpc) is 3.48. The minimum Gasteiger partial charge on any atom is -0.387 e. The molecular formula is C24H29N3O2. The van der Waals surface area contributed by atoms with Crippen LogP contribution in [0.5, 0.6) is 0 Å². The van der Waals surface area contributed by atoms with E-state index in [1.165, 1.54) is 5.56 Å². The third-order valence-corrected chi connectivity index (χ3v) is 5.58. The SMILES string of the molecule is CC(C)(C)c1ccc(C(O)CNC(=O)Cn2c(C3CC3)nc3ccccc32)cc1. The number of hydrogen-bond acceptors (Lipinski definition) is 3. The lowest BCUT2D eigenvalue weighted by atomic mass is 9.86. The van der Waals surface area contributed by atoms with Gasteiger partial charge in [0.05, 0.1) is 17.1 Å². The average molecular weight is 392 g/mol. The van der Waals surface area contributed by atoms with Gasteiger partial charge in [-0.05, 0) is 41.5 Å². The van der Waals surface area contributed by atoms with E-state index in [0.29, 0.717) is 5.92 Å². The van der Waals surface area contributed by atoms with Crippen molar-refractivity contribution in [1.29, 1.82) is 0 Å². The fraction of sp³-hybridized carbons (Fsp3) is 0.417. The molecule has 1 aromatic heterocycles. The van der Waals surface area contributed by atoms with Crippen molar-refractivity contribution >= 4 is 16.9 Å². The highest BCUT2D eigenvalue weighted by Gasteiger charge is 2.30. The number of carbonyl (C=O) groups excluding carboxylic acids is 1. The standard InChI is InChI=1S/C24H29N3O2/c1-24(2,3)18-12-10-16(11-13-18)21(28)14-25-22(29)15-27-20-7-5-4-6-19(20)26-23(27)17-8-9-17/h4-7,10-13,17,21,28H,8-9,14-15H2,1-3H3,(H,25,29). The predicted octanol–water partition coefficient (Wildman–Crippen LogP) is 4.06. The second-order valence-electron chi connectivity index (χ2n) is 9.01. The molecule has 5 heteroatoms. The number of carbonyl (C=O) groups is 1. The van der Waals surface area contributed by atoms with Gasteiger partial charge in [0.15, 0.2) is 0 Å². The number of hydrogen-bond donors (Lipinski definition) is 2. The molecule has 1 atom stereocenters. The minimum atomic E-state index is -0.726. The molecule has 2 aromatic carbocycles. The van der Waals surface area contributed by atoms with Crippen molar-refractivity contribution in [1.82, 2.24) is 14.9 Å². The van der Waals surface area contributed by atoms with Crippen molar-refractivity contribution in [3.63, 3.8) is 0 Å². The molecule has 29 heavy (non-hydrogen) atoms. The molecule has 5 nitrogen and oxygen atoms in total. The number of aromatic nitrogens is 2. The predicted molar refractivity (Wildman–Crippen MR) is 115 cm³/mol. The van der Waals surface area contributed by atoms with Gasteiger partial charge in [-0.25, -0.2) is 4.98 Å². The van der Waals surface area contributed by atoms with Crippen molar-refractivity contribution < 1.29 is 9.90 Å². The molecule has 3 aromatic rings. The summed E-state index contributed by atoms with van der Waals surface area (Å²) in [5.74, 6) is 1.35. The molecule has 1 amide bonds. The van der Waals surface area contributed by atoms with E-state index < -0.39 is 6.10 Å². The third-order valence-electron chi connectivity index (χ3n) is 5.58. The van der Waals surface area contributed by atoms with Crippen LogP contribution in [0.25, 0.3) is 11.0 Å². The topological polar surface area (TPSA) is 67.2 Å². The van der Waals surface area contributed by atoms with Gasteiger partial charge in [-0.1, -0.05) is 57.2 Å². The summed E-state index contributed by atoms with van der Waals surface area (Å²) in [6.45, 7) is 6.90. The lowest BCUT2D eigenvalue weighted by molar-refractivity contribution is -0.122. The quantitative estimate of drug-likeness (QED) is 0.666. The fourth-order valence-corrected chi connectivity index (χ4v) is 3.65. The Morgan fingerprint density at radius 1 is 1.17 bits per heavy atom. The number of fused-ring (bicyclic) bond motifs is 1. The van der Waals surface area contributed by atoms with E-state index in [9.17, 15) is 9.90 Å². The number of aliphatic hydroxyl groups excluding tert-OH is 1. The van der Waals surface area contributed by atoms with Crippen molar-refractivity contribution in [2.75, 3.05) is 6.54 Å². The van der Waals surface area contributed by atoms with Crippen LogP contribution in [0.3, 0.4) is 0 Å². The van der Waals surface area contributed by atoms with Crippen LogP contribution >= 0.6 is 0 Å². The molecule has 1 saturated carbocycles. The maximum Gasteiger partial charge on any atom is 0.240 e. The van der Waals surface area contributed by atoms with Gasteiger partial charge in [0.2, 0.25) is 5.91 Å². The van der Waals surface area contributed by atoms with Gasteiger partial charge in [0.25, 0.3) is 0 Å². The summed E-state index contributed by atoms with van der Waals surface area (Å²) in [7, 11) is 0. The summed E-state index contributed by atoms with van der Waals surface area (Å²) in [6.07, 6.45) is 1.54. The number of aliphatic hydroxyl groups is 1. The maximum absolute atomic E-state index is 12.6. The third kappa shape index (κ3) is 4.35. The van der Waals surface area contributed by atoms with E-state index in [1.807, 2.05) is 53.1 Å². The van der Waals surface area contributed by atoms with Crippen molar-refractivity contribution in [3.8, 4) is 0 Å². The molecule has 1 aliphatic rings. The first kappa shape index (κ1) is 19.6. The zero-order chi connectivity index (χ0) is 20.6. The van der Waals surface area contributed by atoms with Crippen molar-refractivity contribution in [2.24, 2.45) is 0 Å². The van der Waals surface area contributed by atoms with E-state index in [-0.39, 0.29) is 24.4 Å². The van der Waals surface area contributed by atoms with E-state index in [4.69, 9.17) is 4.98 Å². The van der Waals surface area contributed by atoms with E-state index >= 15 is 0 Å². The monoisotopic (exact) mass is 391 g/mol. The Labute approximate surface area is 171 Å². The number of amides is 1. The number of imidazole rings is 1. The normalized spacial score (nSPS) is 15.4. The van der Waals surface area contributed by atoms with E-state index in [2.05, 4.69) is 26.1 Å². The van der Waals surface area contributed by atoms with Crippen LogP contribution in [0.15, 0.2) is 48.5 Å². The molecular weight excluding hydrogens is 362 g/mol. The molecule has 0 bridgehead atoms. The summed E-state index contributed by atoms with van der Waals surface area (Å²) >= 11 is 0. The van der Waals surface area contributed by atoms with E-state index in [0.717, 1.165) is 35.3 Å². The van der Waals surface area contributed by atoms with Crippen LogP contribution in [0.1, 0.15) is 62.6 Å². The van der Waals surface area contributed by atoms with Gasteiger partial charge in [0, 0.05) is 12.5 Å². The molecule has 0 aliphatic heterocycles. The Morgan fingerprint density at radius 2 is 1.86 bits per heavy atom. The lowest BCUT2D eigenvalue weighted by Gasteiger charge is -2.20. The van der Waals surface area contributed by atoms with E-state index in [1.54, 1.807) is 0 Å². The number of nitrogens with one attached hydrogen (secondary N) is 1. The zero-order valence-electron chi connectivity index (χ0n) is 17.4. The number of rotatable bonds is 6. The zero-order valence-corrected chi connectivity index (χ0v) is 17.4. The number of benzene rings is 2. The molecule has 2 N–H and O–H groups in total. The first-order valence-corrected chi connectivity index (χ1v) is 10.3. The molecule has 0 radical (unpaired) electrons. The minimum absolute atomic E-state index is 0.0739. The van der Waals surface area contributed by atoms with Gasteiger partial charge < -0.3 is 15.0 Å². The van der Waals surface area contributed by atoms with Crippen LogP contribution in [-0.4, -0.2) is 27.1 Å². The molecule has 152 valence electrons. The smallest absolute Gasteiger partial charge is 0.240 e. The van der Waals surface area contributed by atoms with Gasteiger partial charge in [-0.3, -0.25) is 4.79 Å². The summed E-state index contributed by atoms with van der Waals surface area (Å²) in [4.78, 5) is 17.3. The number of nitrogens with zero attached hydrogens (tertiary/aromatic N) is 2. The summed E-state index contributed by atoms with van der Waals surface area (Å²) in [5.41, 5.74) is 4.02. The largest absolute Gasteiger partial charge is 0.387 e. The molecule has 1 aliphatic carbocycles. The highest BCUT2D eigenvalue weighted by molar-refractivity contribution is 5.81. The summed E-state index contributed by atoms with van der Waals surface area (Å²) < 4.78 is 2.02. The van der Waals surface area contributed by atoms with Crippen molar-refractivity contribution in [2.45, 2.75) is 57.6 Å². The molecule has 1 fully saturated rings. The fourth-order valence-electron chi connectivity index (χ4n) is 3.65. The summed E-state index contributed by atoms with van der Waals surface area (Å²) in [6, 6.07) is 15.9. The maximum atomic E-state index is 12.6. The Morgan fingerprint density at radius 3 is 2.52 bits per heavy atom. The molecule has 0 saturated heterocycles. The van der Waals surface area contributed by atoms with Crippen LogP contribution in [0.2, 0.25) is 0 Å². The summed E-state index contributed by atoms with van der Waals surface area (Å²) in [5, 5.41) is 13.4. The molecule has 1 heterocycles. The first-order chi connectivity index (χ1) is 13.8. The highest BCUT2D eigenvalue weighted by atomic mass is 16.3. The van der Waals surface area contributed by atoms with Crippen LogP contribution in [0, 0.1) is 0 Å². The Hall–Kier alpha value is -2.66. The second-order valence-corrected chi connectivity index (χ2v) is 9.01. The molecule has 4 rings (SSSR count). The van der Waals surface area contributed by atoms with Crippen molar-refractivity contribution in [3.05, 3.63) is 65.5 Å². The molecule has 1 unspecified atom stereocenters. The van der Waals surface area contributed by atoms with Crippen LogP contribution in [-0.2, 0) is 16.8 Å². The first-order valence-electron chi connectivity index (χ1n) is 10.3.